The van der Waals surface area contributed by atoms with Gasteiger partial charge >= 0.3 is 0 Å². The molecule has 1 heterocycles. The van der Waals surface area contributed by atoms with Crippen LogP contribution in [-0.2, 0) is 0 Å². The first-order valence-electron chi connectivity index (χ1n) is 3.44. The lowest BCUT2D eigenvalue weighted by Gasteiger charge is -2.14. The predicted octanol–water partition coefficient (Wildman–Crippen LogP) is 1.58. The average Bonchev–Trinajstić information content (AvgIpc) is 2.34. The van der Waals surface area contributed by atoms with Gasteiger partial charge < -0.3 is 0 Å². The molecule has 0 aromatic heterocycles. The molecule has 1 atom stereocenters. The van der Waals surface area contributed by atoms with Gasteiger partial charge in [-0.25, -0.2) is 9.46 Å². The van der Waals surface area contributed by atoms with Crippen molar-refractivity contribution in [2.24, 2.45) is 5.92 Å². The molecule has 0 amide bonds. The summed E-state index contributed by atoms with van der Waals surface area (Å²) in [5.74, 6) is 0.685. The predicted molar refractivity (Wildman–Crippen MR) is 44.1 cm³/mol. The van der Waals surface area contributed by atoms with Gasteiger partial charge in [-0.1, -0.05) is 12.2 Å². The van der Waals surface area contributed by atoms with Gasteiger partial charge in [-0.3, -0.25) is 0 Å². The van der Waals surface area contributed by atoms with Gasteiger partial charge in [-0.2, -0.15) is 0 Å². The second-order valence-electron chi connectivity index (χ2n) is 2.60. The number of nitrogens with zero attached hydrogens (tertiary/aromatic N) is 1. The number of fused-ring (bicyclic) bond motifs is 1. The normalized spacial score (nSPS) is 30.3. The standard InChI is InChI=1S/C7H9BrN2/c8-10-7-4-2-1-3-6(7)5-9-10/h1-2,4,6,9H,3,5H2. The third kappa shape index (κ3) is 0.896. The van der Waals surface area contributed by atoms with Crippen LogP contribution in [0.4, 0.5) is 0 Å². The van der Waals surface area contributed by atoms with E-state index in [0.29, 0.717) is 5.92 Å². The van der Waals surface area contributed by atoms with Gasteiger partial charge in [0.05, 0.1) is 16.1 Å². The Bertz CT molecular complexity index is 198. The fourth-order valence-electron chi connectivity index (χ4n) is 1.36. The molecule has 0 radical (unpaired) electrons. The third-order valence-corrected chi connectivity index (χ3v) is 2.61. The third-order valence-electron chi connectivity index (χ3n) is 1.95. The highest BCUT2D eigenvalue weighted by molar-refractivity contribution is 9.07. The van der Waals surface area contributed by atoms with Crippen LogP contribution < -0.4 is 5.43 Å². The summed E-state index contributed by atoms with van der Waals surface area (Å²) in [6, 6.07) is 0. The molecule has 1 fully saturated rings. The van der Waals surface area contributed by atoms with Crippen molar-refractivity contribution < 1.29 is 0 Å². The van der Waals surface area contributed by atoms with E-state index in [1.165, 1.54) is 12.1 Å². The summed E-state index contributed by atoms with van der Waals surface area (Å²) in [4.78, 5) is 0. The molecule has 2 rings (SSSR count). The monoisotopic (exact) mass is 200 g/mol. The molecule has 0 saturated carbocycles. The summed E-state index contributed by atoms with van der Waals surface area (Å²) in [5.41, 5.74) is 4.55. The maximum absolute atomic E-state index is 3.40. The van der Waals surface area contributed by atoms with Gasteiger partial charge in [0, 0.05) is 18.2 Å². The largest absolute Gasteiger partial charge is 0.246 e. The summed E-state index contributed by atoms with van der Waals surface area (Å²) in [7, 11) is 0. The van der Waals surface area contributed by atoms with Crippen LogP contribution in [0.15, 0.2) is 23.9 Å². The Kier molecular flexibility index (Phi) is 1.54. The van der Waals surface area contributed by atoms with Crippen LogP contribution in [0.2, 0.25) is 0 Å². The molecule has 0 spiro atoms. The SMILES string of the molecule is BrN1NCC2CC=CC=C21. The van der Waals surface area contributed by atoms with Gasteiger partial charge in [0.25, 0.3) is 0 Å². The van der Waals surface area contributed by atoms with Crippen molar-refractivity contribution in [2.45, 2.75) is 6.42 Å². The molecule has 1 unspecified atom stereocenters. The summed E-state index contributed by atoms with van der Waals surface area (Å²) < 4.78 is 1.93. The molecule has 2 nitrogen and oxygen atoms in total. The maximum Gasteiger partial charge on any atom is 0.0668 e. The van der Waals surface area contributed by atoms with E-state index < -0.39 is 0 Å². The number of nitrogens with one attached hydrogen (secondary N) is 1. The highest BCUT2D eigenvalue weighted by atomic mass is 79.9. The molecular weight excluding hydrogens is 192 g/mol. The second-order valence-corrected chi connectivity index (χ2v) is 3.30. The minimum absolute atomic E-state index is 0.685. The molecular formula is C7H9BrN2. The molecule has 0 bridgehead atoms. The topological polar surface area (TPSA) is 15.3 Å². The Balaban J connectivity index is 2.25. The Hall–Kier alpha value is -0.280. The summed E-state index contributed by atoms with van der Waals surface area (Å²) in [5, 5.41) is 0. The van der Waals surface area contributed by atoms with Gasteiger partial charge in [0.1, 0.15) is 0 Å². The lowest BCUT2D eigenvalue weighted by molar-refractivity contribution is 0.527. The molecule has 3 heteroatoms. The molecule has 0 aromatic carbocycles. The van der Waals surface area contributed by atoms with E-state index in [1.54, 1.807) is 0 Å². The van der Waals surface area contributed by atoms with Crippen LogP contribution in [0.3, 0.4) is 0 Å². The molecule has 54 valence electrons. The lowest BCUT2D eigenvalue weighted by atomic mass is 9.99. The summed E-state index contributed by atoms with van der Waals surface area (Å²) in [6.07, 6.45) is 7.62. The average molecular weight is 201 g/mol. The number of rotatable bonds is 0. The Morgan fingerprint density at radius 1 is 1.70 bits per heavy atom. The van der Waals surface area contributed by atoms with Crippen LogP contribution >= 0.6 is 16.1 Å². The molecule has 2 aliphatic rings. The molecule has 0 aromatic rings. The van der Waals surface area contributed by atoms with Gasteiger partial charge in [0.15, 0.2) is 0 Å². The van der Waals surface area contributed by atoms with Crippen molar-refractivity contribution in [1.82, 2.24) is 9.46 Å². The van der Waals surface area contributed by atoms with E-state index in [4.69, 9.17) is 0 Å². The van der Waals surface area contributed by atoms with Gasteiger partial charge in [0.2, 0.25) is 0 Å². The van der Waals surface area contributed by atoms with Gasteiger partial charge in [-0.05, 0) is 12.5 Å². The van der Waals surface area contributed by atoms with E-state index in [2.05, 4.69) is 39.8 Å². The van der Waals surface area contributed by atoms with Crippen molar-refractivity contribution >= 4 is 16.1 Å². The Morgan fingerprint density at radius 3 is 3.40 bits per heavy atom. The number of hydrazine groups is 1. The van der Waals surface area contributed by atoms with Crippen LogP contribution in [0.25, 0.3) is 0 Å². The highest BCUT2D eigenvalue weighted by Crippen LogP contribution is 2.28. The lowest BCUT2D eigenvalue weighted by Crippen LogP contribution is -2.18. The van der Waals surface area contributed by atoms with E-state index in [9.17, 15) is 0 Å². The first kappa shape index (κ1) is 6.43. The molecule has 1 aliphatic heterocycles. The second kappa shape index (κ2) is 2.40. The zero-order chi connectivity index (χ0) is 6.97. The Labute approximate surface area is 68.9 Å². The number of hydrogen-bond donors (Lipinski definition) is 1. The van der Waals surface area contributed by atoms with E-state index in [1.807, 2.05) is 4.03 Å². The quantitative estimate of drug-likeness (QED) is 0.598. The first-order chi connectivity index (χ1) is 4.88. The van der Waals surface area contributed by atoms with Crippen LogP contribution in [0.5, 0.6) is 0 Å². The summed E-state index contributed by atoms with van der Waals surface area (Å²) in [6.45, 7) is 1.06. The Morgan fingerprint density at radius 2 is 2.60 bits per heavy atom. The van der Waals surface area contributed by atoms with Gasteiger partial charge in [-0.15, -0.1) is 0 Å². The fraction of sp³-hybridized carbons (Fsp3) is 0.429. The van der Waals surface area contributed by atoms with E-state index >= 15 is 0 Å². The van der Waals surface area contributed by atoms with E-state index in [-0.39, 0.29) is 0 Å². The van der Waals surface area contributed by atoms with Crippen molar-refractivity contribution in [1.29, 1.82) is 0 Å². The fourth-order valence-corrected chi connectivity index (χ4v) is 1.91. The van der Waals surface area contributed by atoms with Crippen molar-refractivity contribution in [3.8, 4) is 0 Å². The van der Waals surface area contributed by atoms with Crippen molar-refractivity contribution in [2.75, 3.05) is 6.54 Å². The summed E-state index contributed by atoms with van der Waals surface area (Å²) >= 11 is 3.40. The minimum atomic E-state index is 0.685. The first-order valence-corrected chi connectivity index (χ1v) is 4.15. The molecule has 1 N–H and O–H groups in total. The van der Waals surface area contributed by atoms with Crippen LogP contribution in [0, 0.1) is 5.92 Å². The number of allylic oxidation sites excluding steroid dienone is 3. The molecule has 10 heavy (non-hydrogen) atoms. The van der Waals surface area contributed by atoms with Crippen LogP contribution in [-0.4, -0.2) is 10.6 Å². The molecule has 1 aliphatic carbocycles. The maximum atomic E-state index is 3.40. The zero-order valence-corrected chi connectivity index (χ0v) is 7.13. The number of halogens is 1. The highest BCUT2D eigenvalue weighted by Gasteiger charge is 2.25. The minimum Gasteiger partial charge on any atom is -0.246 e. The zero-order valence-electron chi connectivity index (χ0n) is 5.55. The van der Waals surface area contributed by atoms with Crippen molar-refractivity contribution in [3.63, 3.8) is 0 Å². The van der Waals surface area contributed by atoms with E-state index in [0.717, 1.165) is 6.54 Å². The van der Waals surface area contributed by atoms with Crippen molar-refractivity contribution in [3.05, 3.63) is 23.9 Å². The van der Waals surface area contributed by atoms with Crippen LogP contribution in [0.1, 0.15) is 6.42 Å². The molecule has 1 saturated heterocycles. The smallest absolute Gasteiger partial charge is 0.0668 e. The number of hydrogen-bond acceptors (Lipinski definition) is 2.